The first-order chi connectivity index (χ1) is 19.8. The lowest BCUT2D eigenvalue weighted by Gasteiger charge is -2.38. The van der Waals surface area contributed by atoms with Crippen molar-refractivity contribution in [2.75, 3.05) is 5.32 Å². The zero-order valence-corrected chi connectivity index (χ0v) is 23.6. The number of halogens is 3. The largest absolute Gasteiger partial charge is 0.358 e. The fourth-order valence-corrected chi connectivity index (χ4v) is 7.58. The minimum atomic E-state index is -1.45. The van der Waals surface area contributed by atoms with E-state index in [1.165, 1.54) is 6.07 Å². The zero-order valence-electron chi connectivity index (χ0n) is 21.4. The molecule has 1 saturated heterocycles. The van der Waals surface area contributed by atoms with Crippen LogP contribution in [0.1, 0.15) is 43.4 Å². The van der Waals surface area contributed by atoms with Gasteiger partial charge in [-0.15, -0.1) is 0 Å². The van der Waals surface area contributed by atoms with E-state index in [1.807, 2.05) is 65.7 Å². The van der Waals surface area contributed by atoms with Crippen molar-refractivity contribution in [3.8, 4) is 0 Å². The van der Waals surface area contributed by atoms with Gasteiger partial charge < -0.3 is 10.2 Å². The average Bonchev–Trinajstić information content (AvgIpc) is 3.45. The SMILES string of the molecule is O=C(c1ccc(Cl)cc1Cl)[C@@H]1[C@H](C(=O)c2ccccc2Cl)[C@@]2(C(=O)Nc3ccccc32)[C@H]2c3ccccc3C=CN12. The number of carbonyl (C=O) groups is 3. The molecule has 4 aromatic rings. The van der Waals surface area contributed by atoms with Crippen LogP contribution in [0.25, 0.3) is 6.08 Å². The normalized spacial score (nSPS) is 23.6. The minimum Gasteiger partial charge on any atom is -0.358 e. The topological polar surface area (TPSA) is 66.5 Å². The van der Waals surface area contributed by atoms with Crippen LogP contribution in [0.2, 0.25) is 15.1 Å². The number of para-hydroxylation sites is 1. The van der Waals surface area contributed by atoms with Crippen LogP contribution in [0.5, 0.6) is 0 Å². The Bertz CT molecular complexity index is 1820. The van der Waals surface area contributed by atoms with Crippen molar-refractivity contribution < 1.29 is 14.4 Å². The van der Waals surface area contributed by atoms with Crippen molar-refractivity contribution in [2.24, 2.45) is 5.92 Å². The second-order valence-electron chi connectivity index (χ2n) is 10.4. The molecule has 0 aromatic heterocycles. The van der Waals surface area contributed by atoms with Gasteiger partial charge in [0.05, 0.1) is 22.0 Å². The standard InChI is InChI=1S/C33H21Cl3N2O3/c34-19-13-14-22(25(36)17-19)30(40)28-27(29(39)21-9-3-5-11-24(21)35)33(23-10-4-6-12-26(23)37-32(33)41)31-20-8-2-1-7-18(20)15-16-38(28)31/h1-17,27-28,31H,(H,37,41)/t27-,28+,31-,33-/m1/s1. The van der Waals surface area contributed by atoms with Gasteiger partial charge in [0.25, 0.3) is 0 Å². The third-order valence-electron chi connectivity index (χ3n) is 8.46. The van der Waals surface area contributed by atoms with Crippen LogP contribution < -0.4 is 5.32 Å². The molecule has 3 heterocycles. The molecule has 5 nitrogen and oxygen atoms in total. The summed E-state index contributed by atoms with van der Waals surface area (Å²) in [6, 6.07) is 24.7. The summed E-state index contributed by atoms with van der Waals surface area (Å²) in [7, 11) is 0. The van der Waals surface area contributed by atoms with Gasteiger partial charge in [0, 0.05) is 28.0 Å². The Kier molecular flexibility index (Phi) is 6.09. The van der Waals surface area contributed by atoms with Gasteiger partial charge >= 0.3 is 0 Å². The number of ketones is 2. The summed E-state index contributed by atoms with van der Waals surface area (Å²) in [6.45, 7) is 0. The number of amides is 1. The summed E-state index contributed by atoms with van der Waals surface area (Å²) >= 11 is 19.3. The molecule has 0 saturated carbocycles. The lowest BCUT2D eigenvalue weighted by Crippen LogP contribution is -2.49. The molecule has 3 aliphatic heterocycles. The Balaban J connectivity index is 1.56. The fourth-order valence-electron chi connectivity index (χ4n) is 6.84. The monoisotopic (exact) mass is 598 g/mol. The van der Waals surface area contributed by atoms with Gasteiger partial charge in [0.2, 0.25) is 5.91 Å². The number of carbonyl (C=O) groups excluding carboxylic acids is 3. The number of anilines is 1. The van der Waals surface area contributed by atoms with E-state index in [1.54, 1.807) is 36.4 Å². The highest BCUT2D eigenvalue weighted by Crippen LogP contribution is 2.62. The van der Waals surface area contributed by atoms with Crippen molar-refractivity contribution in [3.63, 3.8) is 0 Å². The number of hydrogen-bond donors (Lipinski definition) is 1. The van der Waals surface area contributed by atoms with Crippen LogP contribution in [-0.2, 0) is 10.2 Å². The average molecular weight is 600 g/mol. The predicted octanol–water partition coefficient (Wildman–Crippen LogP) is 7.63. The summed E-state index contributed by atoms with van der Waals surface area (Å²) in [4.78, 5) is 45.7. The molecular formula is C33H21Cl3N2O3. The van der Waals surface area contributed by atoms with Crippen LogP contribution in [0, 0.1) is 5.92 Å². The van der Waals surface area contributed by atoms with Crippen molar-refractivity contribution in [2.45, 2.75) is 17.5 Å². The van der Waals surface area contributed by atoms with E-state index in [4.69, 9.17) is 34.8 Å². The summed E-state index contributed by atoms with van der Waals surface area (Å²) in [5, 5.41) is 3.83. The molecule has 4 aromatic carbocycles. The highest BCUT2D eigenvalue weighted by molar-refractivity contribution is 6.37. The van der Waals surface area contributed by atoms with E-state index < -0.39 is 29.2 Å². The maximum atomic E-state index is 14.8. The molecule has 202 valence electrons. The smallest absolute Gasteiger partial charge is 0.238 e. The van der Waals surface area contributed by atoms with E-state index in [0.29, 0.717) is 16.3 Å². The number of Topliss-reactive ketones (excluding diaryl/α,β-unsaturated/α-hetero) is 2. The second kappa shape index (κ2) is 9.59. The van der Waals surface area contributed by atoms with Crippen LogP contribution >= 0.6 is 34.8 Å². The molecule has 1 amide bonds. The predicted molar refractivity (Wildman–Crippen MR) is 161 cm³/mol. The number of fused-ring (bicyclic) bond motifs is 6. The van der Waals surface area contributed by atoms with E-state index in [9.17, 15) is 14.4 Å². The number of nitrogens with one attached hydrogen (secondary N) is 1. The number of nitrogens with zero attached hydrogens (tertiary/aromatic N) is 1. The Morgan fingerprint density at radius 1 is 0.780 bits per heavy atom. The third kappa shape index (κ3) is 3.66. The molecule has 1 fully saturated rings. The summed E-state index contributed by atoms with van der Waals surface area (Å²) in [5.41, 5.74) is 2.03. The highest BCUT2D eigenvalue weighted by Gasteiger charge is 2.70. The molecular weight excluding hydrogens is 579 g/mol. The van der Waals surface area contributed by atoms with Crippen molar-refractivity contribution in [1.29, 1.82) is 0 Å². The fraction of sp³-hybridized carbons (Fsp3) is 0.121. The molecule has 0 aliphatic carbocycles. The first-order valence-corrected chi connectivity index (χ1v) is 14.2. The van der Waals surface area contributed by atoms with Gasteiger partial charge in [0.15, 0.2) is 11.6 Å². The second-order valence-corrected chi connectivity index (χ2v) is 11.7. The maximum Gasteiger partial charge on any atom is 0.238 e. The first-order valence-electron chi connectivity index (χ1n) is 13.1. The zero-order chi connectivity index (χ0) is 28.5. The van der Waals surface area contributed by atoms with Crippen LogP contribution in [0.15, 0.2) is 97.2 Å². The molecule has 1 N–H and O–H groups in total. The lowest BCUT2D eigenvalue weighted by atomic mass is 9.62. The Morgan fingerprint density at radius 3 is 2.29 bits per heavy atom. The molecule has 0 unspecified atom stereocenters. The Hall–Kier alpha value is -3.90. The maximum absolute atomic E-state index is 14.8. The molecule has 3 aliphatic rings. The Morgan fingerprint density at radius 2 is 1.49 bits per heavy atom. The first kappa shape index (κ1) is 26.0. The number of hydrogen-bond acceptors (Lipinski definition) is 4. The molecule has 41 heavy (non-hydrogen) atoms. The lowest BCUT2D eigenvalue weighted by molar-refractivity contribution is -0.122. The number of benzene rings is 4. The molecule has 1 spiro atoms. The van der Waals surface area contributed by atoms with Crippen LogP contribution in [-0.4, -0.2) is 28.4 Å². The van der Waals surface area contributed by atoms with E-state index in [0.717, 1.165) is 11.1 Å². The number of rotatable bonds is 4. The van der Waals surface area contributed by atoms with Gasteiger partial charge in [-0.05, 0) is 59.2 Å². The highest BCUT2D eigenvalue weighted by atomic mass is 35.5. The van der Waals surface area contributed by atoms with E-state index in [2.05, 4.69) is 5.32 Å². The van der Waals surface area contributed by atoms with Gasteiger partial charge in [-0.2, -0.15) is 0 Å². The van der Waals surface area contributed by atoms with Gasteiger partial charge in [-0.3, -0.25) is 14.4 Å². The molecule has 0 bridgehead atoms. The molecule has 0 radical (unpaired) electrons. The van der Waals surface area contributed by atoms with Gasteiger partial charge in [0.1, 0.15) is 11.5 Å². The van der Waals surface area contributed by atoms with Crippen LogP contribution in [0.4, 0.5) is 5.69 Å². The summed E-state index contributed by atoms with van der Waals surface area (Å²) in [5.74, 6) is -2.28. The molecule has 8 heteroatoms. The molecule has 7 rings (SSSR count). The van der Waals surface area contributed by atoms with Crippen molar-refractivity contribution in [3.05, 3.63) is 140 Å². The third-order valence-corrected chi connectivity index (χ3v) is 9.33. The minimum absolute atomic E-state index is 0.168. The molecule has 4 atom stereocenters. The van der Waals surface area contributed by atoms with E-state index in [-0.39, 0.29) is 32.9 Å². The Labute approximate surface area is 251 Å². The van der Waals surface area contributed by atoms with Crippen molar-refractivity contribution >= 4 is 64.0 Å². The van der Waals surface area contributed by atoms with E-state index >= 15 is 0 Å². The van der Waals surface area contributed by atoms with Gasteiger partial charge in [-0.1, -0.05) is 89.4 Å². The van der Waals surface area contributed by atoms with Crippen molar-refractivity contribution in [1.82, 2.24) is 4.90 Å². The quantitative estimate of drug-likeness (QED) is 0.245. The summed E-state index contributed by atoms with van der Waals surface area (Å²) < 4.78 is 0. The summed E-state index contributed by atoms with van der Waals surface area (Å²) in [6.07, 6.45) is 3.72. The van der Waals surface area contributed by atoms with Gasteiger partial charge in [-0.25, -0.2) is 0 Å². The van der Waals surface area contributed by atoms with Crippen LogP contribution in [0.3, 0.4) is 0 Å².